The van der Waals surface area contributed by atoms with Gasteiger partial charge >= 0.3 is 6.03 Å². The number of fused-ring (bicyclic) bond motifs is 1. The number of carbonyl (C=O) groups excluding carboxylic acids is 2. The van der Waals surface area contributed by atoms with Crippen LogP contribution in [0, 0.1) is 0 Å². The molecule has 0 aromatic heterocycles. The summed E-state index contributed by atoms with van der Waals surface area (Å²) in [5, 5.41) is 5.70. The van der Waals surface area contributed by atoms with Crippen molar-refractivity contribution in [2.24, 2.45) is 0 Å². The van der Waals surface area contributed by atoms with Crippen molar-refractivity contribution in [3.05, 3.63) is 35.4 Å². The summed E-state index contributed by atoms with van der Waals surface area (Å²) in [6.07, 6.45) is 3.56. The quantitative estimate of drug-likeness (QED) is 0.840. The zero-order valence-corrected chi connectivity index (χ0v) is 13.4. The normalized spacial score (nSPS) is 13.8. The summed E-state index contributed by atoms with van der Waals surface area (Å²) in [7, 11) is 0. The molecule has 5 heteroatoms. The molecule has 0 radical (unpaired) electrons. The van der Waals surface area contributed by atoms with E-state index >= 15 is 0 Å². The highest BCUT2D eigenvalue weighted by atomic mass is 16.2. The van der Waals surface area contributed by atoms with E-state index < -0.39 is 0 Å². The molecule has 1 aliphatic heterocycles. The van der Waals surface area contributed by atoms with Gasteiger partial charge in [-0.25, -0.2) is 4.79 Å². The van der Waals surface area contributed by atoms with Gasteiger partial charge in [0.25, 0.3) is 5.91 Å². The predicted molar refractivity (Wildman–Crippen MR) is 89.2 cm³/mol. The number of amides is 3. The predicted octanol–water partition coefficient (Wildman–Crippen LogP) is 3.07. The lowest BCUT2D eigenvalue weighted by Crippen LogP contribution is -2.38. The molecule has 2 rings (SSSR count). The van der Waals surface area contributed by atoms with Crippen molar-refractivity contribution < 1.29 is 9.59 Å². The highest BCUT2D eigenvalue weighted by Gasteiger charge is 2.24. The van der Waals surface area contributed by atoms with E-state index in [1.165, 1.54) is 0 Å². The van der Waals surface area contributed by atoms with Crippen molar-refractivity contribution >= 4 is 23.3 Å². The number of rotatable bonds is 4. The van der Waals surface area contributed by atoms with Crippen molar-refractivity contribution in [3.8, 4) is 0 Å². The second-order valence-corrected chi connectivity index (χ2v) is 5.33. The van der Waals surface area contributed by atoms with Crippen molar-refractivity contribution in [3.63, 3.8) is 0 Å². The number of hydrogen-bond donors (Lipinski definition) is 2. The summed E-state index contributed by atoms with van der Waals surface area (Å²) >= 11 is 0. The minimum atomic E-state index is -0.107. The maximum atomic E-state index is 12.1. The number of carbonyl (C=O) groups is 2. The fourth-order valence-corrected chi connectivity index (χ4v) is 2.54. The Hall–Kier alpha value is -2.30. The number of anilines is 2. The van der Waals surface area contributed by atoms with Gasteiger partial charge in [0.15, 0.2) is 0 Å². The van der Waals surface area contributed by atoms with Gasteiger partial charge in [0.05, 0.1) is 5.69 Å². The standard InChI is InChI=1S/C17H23N3O2/c1-4-6-12(3)16(21)19-14-8-7-13-9-10-20(15(13)11-14)17(22)18-5-2/h6-8,11H,4-5,9-10H2,1-3H3,(H,18,22)(H,19,21)/b12-6+. The van der Waals surface area contributed by atoms with Crippen LogP contribution in [0.3, 0.4) is 0 Å². The van der Waals surface area contributed by atoms with Crippen LogP contribution in [-0.4, -0.2) is 25.0 Å². The van der Waals surface area contributed by atoms with Crippen LogP contribution in [0.15, 0.2) is 29.8 Å². The molecule has 0 saturated heterocycles. The minimum absolute atomic E-state index is 0.0909. The van der Waals surface area contributed by atoms with E-state index in [4.69, 9.17) is 0 Å². The molecule has 0 fully saturated rings. The molecule has 0 saturated carbocycles. The number of allylic oxidation sites excluding steroid dienone is 1. The van der Waals surface area contributed by atoms with Gasteiger partial charge in [-0.05, 0) is 44.4 Å². The van der Waals surface area contributed by atoms with Gasteiger partial charge < -0.3 is 10.6 Å². The summed E-state index contributed by atoms with van der Waals surface area (Å²) in [5.41, 5.74) is 3.42. The summed E-state index contributed by atoms with van der Waals surface area (Å²) in [4.78, 5) is 25.8. The lowest BCUT2D eigenvalue weighted by molar-refractivity contribution is -0.112. The van der Waals surface area contributed by atoms with Gasteiger partial charge in [-0.3, -0.25) is 9.69 Å². The molecule has 1 aromatic carbocycles. The molecule has 0 atom stereocenters. The van der Waals surface area contributed by atoms with Gasteiger partial charge in [0, 0.05) is 24.4 Å². The highest BCUT2D eigenvalue weighted by molar-refractivity contribution is 6.04. The molecule has 1 aliphatic rings. The lowest BCUT2D eigenvalue weighted by Gasteiger charge is -2.18. The van der Waals surface area contributed by atoms with Crippen LogP contribution in [0.5, 0.6) is 0 Å². The first kappa shape index (κ1) is 16.1. The third-order valence-electron chi connectivity index (χ3n) is 3.68. The second kappa shape index (κ2) is 7.11. The second-order valence-electron chi connectivity index (χ2n) is 5.33. The first-order chi connectivity index (χ1) is 10.6. The fraction of sp³-hybridized carbons (Fsp3) is 0.412. The molecule has 5 nitrogen and oxygen atoms in total. The van der Waals surface area contributed by atoms with Gasteiger partial charge in [0.1, 0.15) is 0 Å². The largest absolute Gasteiger partial charge is 0.338 e. The average molecular weight is 301 g/mol. The van der Waals surface area contributed by atoms with E-state index in [1.54, 1.807) is 11.8 Å². The van der Waals surface area contributed by atoms with Crippen molar-refractivity contribution in [2.75, 3.05) is 23.3 Å². The third kappa shape index (κ3) is 3.47. The van der Waals surface area contributed by atoms with E-state index in [2.05, 4.69) is 10.6 Å². The van der Waals surface area contributed by atoms with E-state index in [9.17, 15) is 9.59 Å². The maximum absolute atomic E-state index is 12.1. The SMILES string of the molecule is CC/C=C(\C)C(=O)Nc1ccc2c(c1)N(C(=O)NCC)CC2. The van der Waals surface area contributed by atoms with Crippen LogP contribution in [0.4, 0.5) is 16.2 Å². The van der Waals surface area contributed by atoms with Gasteiger partial charge in [-0.2, -0.15) is 0 Å². The van der Waals surface area contributed by atoms with E-state index in [0.717, 1.165) is 24.1 Å². The molecule has 2 N–H and O–H groups in total. The Morgan fingerprint density at radius 3 is 2.77 bits per heavy atom. The first-order valence-electron chi connectivity index (χ1n) is 7.73. The number of hydrogen-bond acceptors (Lipinski definition) is 2. The summed E-state index contributed by atoms with van der Waals surface area (Å²) in [5.74, 6) is -0.107. The van der Waals surface area contributed by atoms with Gasteiger partial charge in [-0.1, -0.05) is 19.1 Å². The Kier molecular flexibility index (Phi) is 5.20. The van der Waals surface area contributed by atoms with Crippen molar-refractivity contribution in [1.29, 1.82) is 0 Å². The molecule has 0 unspecified atom stereocenters. The zero-order valence-electron chi connectivity index (χ0n) is 13.4. The molecule has 3 amide bonds. The van der Waals surface area contributed by atoms with Crippen LogP contribution in [0.25, 0.3) is 0 Å². The highest BCUT2D eigenvalue weighted by Crippen LogP contribution is 2.31. The molecule has 0 bridgehead atoms. The van der Waals surface area contributed by atoms with E-state index in [0.29, 0.717) is 24.4 Å². The van der Waals surface area contributed by atoms with Crippen LogP contribution >= 0.6 is 0 Å². The number of urea groups is 1. The van der Waals surface area contributed by atoms with Gasteiger partial charge in [-0.15, -0.1) is 0 Å². The minimum Gasteiger partial charge on any atom is -0.338 e. The molecular weight excluding hydrogens is 278 g/mol. The van der Waals surface area contributed by atoms with Crippen LogP contribution in [0.1, 0.15) is 32.8 Å². The number of nitrogens with zero attached hydrogens (tertiary/aromatic N) is 1. The van der Waals surface area contributed by atoms with Crippen LogP contribution < -0.4 is 15.5 Å². The molecular formula is C17H23N3O2. The Bertz CT molecular complexity index is 608. The topological polar surface area (TPSA) is 61.4 Å². The molecule has 0 aliphatic carbocycles. The lowest BCUT2D eigenvalue weighted by atomic mass is 10.1. The molecule has 118 valence electrons. The first-order valence-corrected chi connectivity index (χ1v) is 7.73. The van der Waals surface area contributed by atoms with Gasteiger partial charge in [0.2, 0.25) is 0 Å². The van der Waals surface area contributed by atoms with Crippen molar-refractivity contribution in [1.82, 2.24) is 5.32 Å². The number of nitrogens with one attached hydrogen (secondary N) is 2. The average Bonchev–Trinajstić information content (AvgIpc) is 2.91. The van der Waals surface area contributed by atoms with E-state index in [1.807, 2.05) is 38.1 Å². The van der Waals surface area contributed by atoms with Crippen molar-refractivity contribution in [2.45, 2.75) is 33.6 Å². The summed E-state index contributed by atoms with van der Waals surface area (Å²) in [6, 6.07) is 5.64. The molecule has 1 aromatic rings. The Balaban J connectivity index is 2.17. The smallest absolute Gasteiger partial charge is 0.321 e. The monoisotopic (exact) mass is 301 g/mol. The zero-order chi connectivity index (χ0) is 16.1. The summed E-state index contributed by atoms with van der Waals surface area (Å²) in [6.45, 7) is 6.97. The Labute approximate surface area is 131 Å². The number of benzene rings is 1. The van der Waals surface area contributed by atoms with Crippen LogP contribution in [-0.2, 0) is 11.2 Å². The Morgan fingerprint density at radius 2 is 2.09 bits per heavy atom. The fourth-order valence-electron chi connectivity index (χ4n) is 2.54. The van der Waals surface area contributed by atoms with Crippen LogP contribution in [0.2, 0.25) is 0 Å². The Morgan fingerprint density at radius 1 is 1.32 bits per heavy atom. The summed E-state index contributed by atoms with van der Waals surface area (Å²) < 4.78 is 0. The molecule has 22 heavy (non-hydrogen) atoms. The molecule has 0 spiro atoms. The third-order valence-corrected chi connectivity index (χ3v) is 3.68. The molecule has 1 heterocycles. The maximum Gasteiger partial charge on any atom is 0.321 e. The van der Waals surface area contributed by atoms with E-state index in [-0.39, 0.29) is 11.9 Å².